The monoisotopic (exact) mass is 384 g/mol. The predicted octanol–water partition coefficient (Wildman–Crippen LogP) is 3.45. The summed E-state index contributed by atoms with van der Waals surface area (Å²) in [6.45, 7) is 1.60. The third kappa shape index (κ3) is 2.37. The first-order valence-corrected chi connectivity index (χ1v) is 8.84. The average molecular weight is 385 g/mol. The number of fused-ring (bicyclic) bond motifs is 2. The Morgan fingerprint density at radius 1 is 1.33 bits per heavy atom. The van der Waals surface area contributed by atoms with Crippen molar-refractivity contribution in [3.63, 3.8) is 0 Å². The molecule has 3 aromatic heterocycles. The average Bonchev–Trinajstić information content (AvgIpc) is 3.23. The highest BCUT2D eigenvalue weighted by atomic mass is 35.5. The van der Waals surface area contributed by atoms with E-state index in [4.69, 9.17) is 11.6 Å². The number of benzene rings is 1. The molecule has 0 spiro atoms. The lowest BCUT2D eigenvalue weighted by atomic mass is 9.99. The van der Waals surface area contributed by atoms with Crippen LogP contribution in [0.5, 0.6) is 0 Å². The van der Waals surface area contributed by atoms with Gasteiger partial charge in [0, 0.05) is 36.3 Å². The molecule has 2 N–H and O–H groups in total. The summed E-state index contributed by atoms with van der Waals surface area (Å²) in [7, 11) is 0. The van der Waals surface area contributed by atoms with Crippen molar-refractivity contribution in [2.45, 2.75) is 6.42 Å². The number of halogens is 2. The van der Waals surface area contributed by atoms with Gasteiger partial charge in [-0.3, -0.25) is 9.89 Å². The molecule has 4 heterocycles. The van der Waals surface area contributed by atoms with Crippen LogP contribution in [0.4, 0.5) is 15.9 Å². The summed E-state index contributed by atoms with van der Waals surface area (Å²) in [5.41, 5.74) is 3.19. The van der Waals surface area contributed by atoms with Crippen molar-refractivity contribution in [2.24, 2.45) is 0 Å². The number of nitrogens with one attached hydrogen (secondary N) is 2. The van der Waals surface area contributed by atoms with Crippen molar-refractivity contribution in [3.8, 4) is 11.1 Å². The Balaban J connectivity index is 1.73. The molecule has 1 fully saturated rings. The molecule has 4 aromatic rings. The van der Waals surface area contributed by atoms with Gasteiger partial charge in [-0.2, -0.15) is 10.2 Å². The molecule has 136 valence electrons. The zero-order valence-corrected chi connectivity index (χ0v) is 14.8. The molecule has 0 unspecified atom stereocenters. The van der Waals surface area contributed by atoms with E-state index in [1.54, 1.807) is 29.0 Å². The molecule has 0 bridgehead atoms. The molecule has 9 heteroatoms. The van der Waals surface area contributed by atoms with Gasteiger partial charge in [0.15, 0.2) is 11.6 Å². The van der Waals surface area contributed by atoms with Crippen molar-refractivity contribution in [1.29, 1.82) is 0 Å². The van der Waals surface area contributed by atoms with Crippen LogP contribution in [0.2, 0.25) is 5.02 Å². The first kappa shape index (κ1) is 16.1. The number of hydrogen-bond acceptors (Lipinski definition) is 4. The summed E-state index contributed by atoms with van der Waals surface area (Å²) < 4.78 is 16.8. The minimum absolute atomic E-state index is 0.0703. The Labute approximate surface area is 157 Å². The molecule has 1 saturated heterocycles. The Kier molecular flexibility index (Phi) is 3.54. The van der Waals surface area contributed by atoms with Gasteiger partial charge in [0.25, 0.3) is 0 Å². The molecule has 0 atom stereocenters. The van der Waals surface area contributed by atoms with Crippen LogP contribution in [0.15, 0.2) is 30.6 Å². The second-order valence-corrected chi connectivity index (χ2v) is 6.81. The third-order valence-corrected chi connectivity index (χ3v) is 5.25. The van der Waals surface area contributed by atoms with Crippen LogP contribution >= 0.6 is 11.6 Å². The molecule has 7 nitrogen and oxygen atoms in total. The second-order valence-electron chi connectivity index (χ2n) is 6.43. The van der Waals surface area contributed by atoms with Gasteiger partial charge in [0.1, 0.15) is 5.69 Å². The molecular weight excluding hydrogens is 371 g/mol. The van der Waals surface area contributed by atoms with Crippen LogP contribution < -0.4 is 10.2 Å². The number of aromatic amines is 1. The summed E-state index contributed by atoms with van der Waals surface area (Å²) in [4.78, 5) is 12.6. The van der Waals surface area contributed by atoms with E-state index < -0.39 is 5.82 Å². The molecule has 1 amide bonds. The summed E-state index contributed by atoms with van der Waals surface area (Å²) in [5, 5.41) is 14.6. The fourth-order valence-electron chi connectivity index (χ4n) is 3.50. The lowest BCUT2D eigenvalue weighted by Crippen LogP contribution is -2.37. The Hall–Kier alpha value is -3.13. The maximum Gasteiger partial charge on any atom is 0.212 e. The molecule has 1 aliphatic heterocycles. The zero-order valence-electron chi connectivity index (χ0n) is 14.0. The Morgan fingerprint density at radius 2 is 2.19 bits per heavy atom. The van der Waals surface area contributed by atoms with E-state index in [0.717, 1.165) is 36.0 Å². The van der Waals surface area contributed by atoms with Crippen LogP contribution in [0, 0.1) is 5.82 Å². The highest BCUT2D eigenvalue weighted by Gasteiger charge is 2.27. The lowest BCUT2D eigenvalue weighted by molar-refractivity contribution is -0.105. The summed E-state index contributed by atoms with van der Waals surface area (Å²) in [5.74, 6) is -0.0131. The summed E-state index contributed by atoms with van der Waals surface area (Å²) in [6, 6.07) is 5.38. The minimum Gasteiger partial charge on any atom is -0.367 e. The number of H-pyrrole nitrogens is 1. The van der Waals surface area contributed by atoms with Crippen LogP contribution in [-0.2, 0) is 4.79 Å². The number of carbonyl (C=O) groups is 1. The smallest absolute Gasteiger partial charge is 0.212 e. The molecule has 27 heavy (non-hydrogen) atoms. The van der Waals surface area contributed by atoms with E-state index in [9.17, 15) is 4.79 Å². The largest absolute Gasteiger partial charge is 0.367 e. The first-order valence-electron chi connectivity index (χ1n) is 8.46. The van der Waals surface area contributed by atoms with Crippen molar-refractivity contribution < 1.29 is 9.18 Å². The van der Waals surface area contributed by atoms with Crippen LogP contribution in [-0.4, -0.2) is 39.3 Å². The number of rotatable bonds is 4. The van der Waals surface area contributed by atoms with Crippen molar-refractivity contribution in [2.75, 3.05) is 23.3 Å². The maximum atomic E-state index is 15.2. The predicted molar refractivity (Wildman–Crippen MR) is 102 cm³/mol. The van der Waals surface area contributed by atoms with Gasteiger partial charge in [0.2, 0.25) is 6.41 Å². The molecular formula is C18H14ClFN6O. The summed E-state index contributed by atoms with van der Waals surface area (Å²) in [6.07, 6.45) is 5.01. The normalized spacial score (nSPS) is 13.9. The highest BCUT2D eigenvalue weighted by molar-refractivity contribution is 6.36. The van der Waals surface area contributed by atoms with Crippen LogP contribution in [0.25, 0.3) is 27.5 Å². The number of aromatic nitrogens is 4. The molecule has 5 rings (SSSR count). The van der Waals surface area contributed by atoms with Gasteiger partial charge in [-0.25, -0.2) is 8.91 Å². The molecule has 1 aliphatic rings. The fourth-order valence-corrected chi connectivity index (χ4v) is 3.80. The van der Waals surface area contributed by atoms with E-state index >= 15 is 4.39 Å². The maximum absolute atomic E-state index is 15.2. The van der Waals surface area contributed by atoms with Gasteiger partial charge < -0.3 is 10.2 Å². The summed E-state index contributed by atoms with van der Waals surface area (Å²) >= 11 is 6.48. The topological polar surface area (TPSA) is 78.3 Å². The van der Waals surface area contributed by atoms with Gasteiger partial charge in [-0.05, 0) is 24.1 Å². The standard InChI is InChI=1S/C18H14ClFN6O/c19-15-14(10-2-5-26-11(6-10)7-13(24-26)21-9-27)12-8-22-23-17(12)18(16(15)20)25-3-1-4-25/h2,5-9H,1,3-4H2,(H,22,23)(H,21,24,27). The van der Waals surface area contributed by atoms with Gasteiger partial charge >= 0.3 is 0 Å². The lowest BCUT2D eigenvalue weighted by Gasteiger charge is -2.34. The Morgan fingerprint density at radius 3 is 2.93 bits per heavy atom. The molecule has 0 radical (unpaired) electrons. The first-order chi connectivity index (χ1) is 13.2. The van der Waals surface area contributed by atoms with E-state index in [1.165, 1.54) is 0 Å². The quantitative estimate of drug-likeness (QED) is 0.528. The van der Waals surface area contributed by atoms with E-state index in [0.29, 0.717) is 29.0 Å². The molecule has 0 aliphatic carbocycles. The SMILES string of the molecule is O=CNc1cc2cc(-c3c(Cl)c(F)c(N4CCC4)c4[nH]ncc34)ccn2n1. The van der Waals surface area contributed by atoms with Crippen LogP contribution in [0.1, 0.15) is 6.42 Å². The zero-order chi connectivity index (χ0) is 18.5. The van der Waals surface area contributed by atoms with Crippen LogP contribution in [0.3, 0.4) is 0 Å². The van der Waals surface area contributed by atoms with Crippen molar-refractivity contribution in [3.05, 3.63) is 41.4 Å². The Bertz CT molecular complexity index is 1200. The number of pyridine rings is 1. The van der Waals surface area contributed by atoms with Gasteiger partial charge in [0.05, 0.1) is 22.3 Å². The van der Waals surface area contributed by atoms with Crippen molar-refractivity contribution in [1.82, 2.24) is 19.8 Å². The highest BCUT2D eigenvalue weighted by Crippen LogP contribution is 2.43. The second kappa shape index (κ2) is 5.95. The van der Waals surface area contributed by atoms with Gasteiger partial charge in [-0.1, -0.05) is 11.6 Å². The number of carbonyl (C=O) groups excluding carboxylic acids is 1. The van der Waals surface area contributed by atoms with E-state index in [-0.39, 0.29) is 5.02 Å². The number of nitrogens with zero attached hydrogens (tertiary/aromatic N) is 4. The molecule has 0 saturated carbocycles. The number of anilines is 2. The minimum atomic E-state index is -0.445. The number of amides is 1. The van der Waals surface area contributed by atoms with Gasteiger partial charge in [-0.15, -0.1) is 0 Å². The fraction of sp³-hybridized carbons (Fsp3) is 0.167. The van der Waals surface area contributed by atoms with E-state index in [2.05, 4.69) is 20.6 Å². The van der Waals surface area contributed by atoms with E-state index in [1.807, 2.05) is 11.0 Å². The number of hydrogen-bond donors (Lipinski definition) is 2. The molecule has 1 aromatic carbocycles. The third-order valence-electron chi connectivity index (χ3n) is 4.90. The van der Waals surface area contributed by atoms with Crippen molar-refractivity contribution >= 4 is 45.9 Å².